The van der Waals surface area contributed by atoms with Crippen molar-refractivity contribution in [3.8, 4) is 11.5 Å². The summed E-state index contributed by atoms with van der Waals surface area (Å²) in [7, 11) is 0. The maximum Gasteiger partial charge on any atom is 0.115 e. The molecule has 3 rings (SSSR count). The van der Waals surface area contributed by atoms with Crippen molar-refractivity contribution in [2.75, 3.05) is 5.88 Å². The Morgan fingerprint density at radius 1 is 0.833 bits per heavy atom. The molecule has 3 heteroatoms. The SMILES string of the molecule is Oc1ccc(C(=C(CCCl)C2CCCC2)c2ccc(O)cc2)cc1. The average Bonchev–Trinajstić information content (AvgIpc) is 3.12. The molecule has 24 heavy (non-hydrogen) atoms. The lowest BCUT2D eigenvalue weighted by Crippen LogP contribution is -2.05. The zero-order valence-corrected chi connectivity index (χ0v) is 14.5. The molecule has 0 amide bonds. The normalized spacial score (nSPS) is 14.7. The summed E-state index contributed by atoms with van der Waals surface area (Å²) in [6, 6.07) is 14.7. The molecule has 2 N–H and O–H groups in total. The van der Waals surface area contributed by atoms with Gasteiger partial charge in [0.15, 0.2) is 0 Å². The fourth-order valence-corrected chi connectivity index (χ4v) is 3.91. The number of phenols is 2. The first-order valence-electron chi connectivity index (χ1n) is 8.57. The molecule has 0 aliphatic heterocycles. The molecule has 0 radical (unpaired) electrons. The summed E-state index contributed by atoms with van der Waals surface area (Å²) in [5.41, 5.74) is 4.78. The van der Waals surface area contributed by atoms with Gasteiger partial charge in [0.1, 0.15) is 11.5 Å². The second-order valence-electron chi connectivity index (χ2n) is 6.41. The molecule has 0 unspecified atom stereocenters. The molecule has 0 heterocycles. The lowest BCUT2D eigenvalue weighted by atomic mass is 9.84. The predicted molar refractivity (Wildman–Crippen MR) is 99.5 cm³/mol. The van der Waals surface area contributed by atoms with E-state index >= 15 is 0 Å². The van der Waals surface area contributed by atoms with E-state index in [2.05, 4.69) is 0 Å². The summed E-state index contributed by atoms with van der Waals surface area (Å²) in [4.78, 5) is 0. The number of hydrogen-bond acceptors (Lipinski definition) is 2. The Bertz CT molecular complexity index is 648. The molecule has 2 aromatic rings. The van der Waals surface area contributed by atoms with Crippen LogP contribution in [0.2, 0.25) is 0 Å². The van der Waals surface area contributed by atoms with Crippen LogP contribution in [0.1, 0.15) is 43.2 Å². The number of hydrogen-bond donors (Lipinski definition) is 2. The van der Waals surface area contributed by atoms with Crippen LogP contribution in [0.25, 0.3) is 5.57 Å². The highest BCUT2D eigenvalue weighted by molar-refractivity contribution is 6.18. The Morgan fingerprint density at radius 3 is 1.71 bits per heavy atom. The largest absolute Gasteiger partial charge is 0.508 e. The van der Waals surface area contributed by atoms with E-state index in [4.69, 9.17) is 11.6 Å². The third-order valence-electron chi connectivity index (χ3n) is 4.84. The molecular formula is C21H23ClO2. The van der Waals surface area contributed by atoms with Crippen molar-refractivity contribution in [3.05, 3.63) is 65.2 Å². The van der Waals surface area contributed by atoms with Crippen molar-refractivity contribution in [3.63, 3.8) is 0 Å². The van der Waals surface area contributed by atoms with Gasteiger partial charge in [0.25, 0.3) is 0 Å². The standard InChI is InChI=1S/C21H23ClO2/c22-14-13-20(15-3-1-2-4-15)21(16-5-9-18(23)10-6-16)17-7-11-19(24)12-8-17/h5-12,15,23-24H,1-4,13-14H2. The van der Waals surface area contributed by atoms with Crippen LogP contribution in [0, 0.1) is 5.92 Å². The van der Waals surface area contributed by atoms with Crippen LogP contribution in [0.4, 0.5) is 0 Å². The highest BCUT2D eigenvalue weighted by Gasteiger charge is 2.23. The van der Waals surface area contributed by atoms with Crippen LogP contribution in [0.3, 0.4) is 0 Å². The number of benzene rings is 2. The van der Waals surface area contributed by atoms with Crippen LogP contribution in [-0.2, 0) is 0 Å². The molecular weight excluding hydrogens is 320 g/mol. The number of aromatic hydroxyl groups is 2. The molecule has 0 aromatic heterocycles. The lowest BCUT2D eigenvalue weighted by Gasteiger charge is -2.21. The summed E-state index contributed by atoms with van der Waals surface area (Å²) < 4.78 is 0. The van der Waals surface area contributed by atoms with E-state index in [1.165, 1.54) is 36.8 Å². The zero-order valence-electron chi connectivity index (χ0n) is 13.7. The van der Waals surface area contributed by atoms with Crippen LogP contribution in [0.5, 0.6) is 11.5 Å². The van der Waals surface area contributed by atoms with Crippen LogP contribution < -0.4 is 0 Å². The van der Waals surface area contributed by atoms with Crippen molar-refractivity contribution in [1.29, 1.82) is 0 Å². The maximum atomic E-state index is 9.63. The lowest BCUT2D eigenvalue weighted by molar-refractivity contribution is 0.475. The predicted octanol–water partition coefficient (Wildman–Crippen LogP) is 5.72. The Labute approximate surface area is 148 Å². The topological polar surface area (TPSA) is 40.5 Å². The molecule has 1 aliphatic carbocycles. The molecule has 0 spiro atoms. The molecule has 0 bridgehead atoms. The Kier molecular flexibility index (Phi) is 5.47. The summed E-state index contributed by atoms with van der Waals surface area (Å²) in [5, 5.41) is 19.3. The van der Waals surface area contributed by atoms with E-state index in [-0.39, 0.29) is 11.5 Å². The first-order valence-corrected chi connectivity index (χ1v) is 9.10. The summed E-state index contributed by atoms with van der Waals surface area (Å²) in [6.45, 7) is 0. The molecule has 1 aliphatic rings. The van der Waals surface area contributed by atoms with Gasteiger partial charge in [-0.15, -0.1) is 11.6 Å². The molecule has 1 fully saturated rings. The minimum Gasteiger partial charge on any atom is -0.508 e. The van der Waals surface area contributed by atoms with Gasteiger partial charge in [-0.05, 0) is 66.1 Å². The van der Waals surface area contributed by atoms with E-state index in [0.717, 1.165) is 17.5 Å². The molecule has 126 valence electrons. The Balaban J connectivity index is 2.16. The molecule has 2 nitrogen and oxygen atoms in total. The Morgan fingerprint density at radius 2 is 1.29 bits per heavy atom. The number of allylic oxidation sites excluding steroid dienone is 1. The van der Waals surface area contributed by atoms with Crippen LogP contribution in [0.15, 0.2) is 54.1 Å². The van der Waals surface area contributed by atoms with Crippen molar-refractivity contribution < 1.29 is 10.2 Å². The first kappa shape index (κ1) is 16.9. The third-order valence-corrected chi connectivity index (χ3v) is 5.03. The van der Waals surface area contributed by atoms with E-state index in [9.17, 15) is 10.2 Å². The van der Waals surface area contributed by atoms with E-state index in [1.54, 1.807) is 24.3 Å². The minimum absolute atomic E-state index is 0.267. The number of alkyl halides is 1. The molecule has 2 aromatic carbocycles. The number of rotatable bonds is 5. The first-order chi connectivity index (χ1) is 11.7. The summed E-state index contributed by atoms with van der Waals surface area (Å²) in [6.07, 6.45) is 5.84. The van der Waals surface area contributed by atoms with Gasteiger partial charge in [-0.2, -0.15) is 0 Å². The van der Waals surface area contributed by atoms with Crippen molar-refractivity contribution in [1.82, 2.24) is 0 Å². The third kappa shape index (κ3) is 3.76. The number of phenolic OH excluding ortho intramolecular Hbond substituents is 2. The second kappa shape index (κ2) is 7.76. The van der Waals surface area contributed by atoms with Gasteiger partial charge in [0, 0.05) is 5.88 Å². The van der Waals surface area contributed by atoms with Crippen molar-refractivity contribution >= 4 is 17.2 Å². The molecule has 1 saturated carbocycles. The van der Waals surface area contributed by atoms with Gasteiger partial charge in [-0.25, -0.2) is 0 Å². The molecule has 0 atom stereocenters. The minimum atomic E-state index is 0.267. The van der Waals surface area contributed by atoms with Gasteiger partial charge in [-0.1, -0.05) is 42.7 Å². The maximum absolute atomic E-state index is 9.63. The highest BCUT2D eigenvalue weighted by atomic mass is 35.5. The van der Waals surface area contributed by atoms with E-state index < -0.39 is 0 Å². The van der Waals surface area contributed by atoms with Crippen molar-refractivity contribution in [2.24, 2.45) is 5.92 Å². The Hall–Kier alpha value is -1.93. The van der Waals surface area contributed by atoms with E-state index in [1.807, 2.05) is 24.3 Å². The highest BCUT2D eigenvalue weighted by Crippen LogP contribution is 2.40. The zero-order chi connectivity index (χ0) is 16.9. The van der Waals surface area contributed by atoms with Gasteiger partial charge in [0.05, 0.1) is 0 Å². The smallest absolute Gasteiger partial charge is 0.115 e. The summed E-state index contributed by atoms with van der Waals surface area (Å²) in [5.74, 6) is 1.71. The average molecular weight is 343 g/mol. The van der Waals surface area contributed by atoms with Crippen LogP contribution >= 0.6 is 11.6 Å². The summed E-state index contributed by atoms with van der Waals surface area (Å²) >= 11 is 6.13. The van der Waals surface area contributed by atoms with Gasteiger partial charge >= 0.3 is 0 Å². The monoisotopic (exact) mass is 342 g/mol. The van der Waals surface area contributed by atoms with Crippen LogP contribution in [-0.4, -0.2) is 16.1 Å². The fourth-order valence-electron chi connectivity index (χ4n) is 3.70. The fraction of sp³-hybridized carbons (Fsp3) is 0.333. The molecule has 0 saturated heterocycles. The van der Waals surface area contributed by atoms with Gasteiger partial charge in [-0.3, -0.25) is 0 Å². The van der Waals surface area contributed by atoms with Gasteiger partial charge in [0.2, 0.25) is 0 Å². The van der Waals surface area contributed by atoms with Crippen molar-refractivity contribution in [2.45, 2.75) is 32.1 Å². The quantitative estimate of drug-likeness (QED) is 0.682. The second-order valence-corrected chi connectivity index (χ2v) is 6.79. The number of halogens is 1. The van der Waals surface area contributed by atoms with E-state index in [0.29, 0.717) is 11.8 Å². The van der Waals surface area contributed by atoms with Gasteiger partial charge < -0.3 is 10.2 Å².